The molecule has 2 heterocycles. The van der Waals surface area contributed by atoms with E-state index in [-0.39, 0.29) is 29.7 Å². The Morgan fingerprint density at radius 3 is 2.45 bits per heavy atom. The molecule has 7 heteroatoms. The second-order valence-corrected chi connectivity index (χ2v) is 12.8. The number of hydrogen-bond donors (Lipinski definition) is 0. The molecule has 2 aromatic carbocycles. The maximum absolute atomic E-state index is 13.3. The summed E-state index contributed by atoms with van der Waals surface area (Å²) in [6, 6.07) is 12.7. The van der Waals surface area contributed by atoms with Gasteiger partial charge in [0.2, 0.25) is 0 Å². The van der Waals surface area contributed by atoms with Crippen LogP contribution in [0.2, 0.25) is 0 Å². The lowest BCUT2D eigenvalue weighted by molar-refractivity contribution is 0.128. The monoisotopic (exact) mass is 572 g/mol. The van der Waals surface area contributed by atoms with Crippen LogP contribution < -0.4 is 4.74 Å². The molecular formula is C35H44N2O5. The number of methoxy groups -OCH3 is 2. The predicted molar refractivity (Wildman–Crippen MR) is 165 cm³/mol. The van der Waals surface area contributed by atoms with E-state index in [1.807, 2.05) is 11.0 Å². The lowest BCUT2D eigenvalue weighted by Crippen LogP contribution is -2.35. The molecule has 1 fully saturated rings. The van der Waals surface area contributed by atoms with Crippen molar-refractivity contribution in [1.82, 2.24) is 9.80 Å². The van der Waals surface area contributed by atoms with Gasteiger partial charge < -0.3 is 19.1 Å². The number of hydrogen-bond acceptors (Lipinski definition) is 5. The fraction of sp³-hybridized carbons (Fsp3) is 0.486. The van der Waals surface area contributed by atoms with E-state index in [1.165, 1.54) is 35.0 Å². The third-order valence-electron chi connectivity index (χ3n) is 9.03. The van der Waals surface area contributed by atoms with Gasteiger partial charge in [-0.25, -0.2) is 9.59 Å². The topological polar surface area (TPSA) is 68.3 Å². The molecule has 2 atom stereocenters. The minimum absolute atomic E-state index is 0.0872. The molecule has 0 saturated carbocycles. The van der Waals surface area contributed by atoms with Gasteiger partial charge in [-0.15, -0.1) is 0 Å². The summed E-state index contributed by atoms with van der Waals surface area (Å²) in [6.45, 7) is 12.6. The molecular weight excluding hydrogens is 528 g/mol. The SMILES string of the molecule is COC(=O)N1CC=C(c2ccc(OC)c(C3=C(CN4C(=O)O[C@H](c5cc(C)cc(C)c5)[C@@H]4C)CC(C)(C)CC3)c2)CC1. The molecule has 0 spiro atoms. The Labute approximate surface area is 250 Å². The Balaban J connectivity index is 1.48. The number of amides is 2. The first kappa shape index (κ1) is 29.7. The van der Waals surface area contributed by atoms with Gasteiger partial charge in [0.25, 0.3) is 0 Å². The number of benzene rings is 2. The second kappa shape index (κ2) is 11.9. The Morgan fingerprint density at radius 2 is 1.81 bits per heavy atom. The molecule has 1 aliphatic carbocycles. The zero-order valence-corrected chi connectivity index (χ0v) is 26.1. The first-order chi connectivity index (χ1) is 20.0. The lowest BCUT2D eigenvalue weighted by Gasteiger charge is -2.36. The number of carbonyl (C=O) groups excluding carboxylic acids is 2. The van der Waals surface area contributed by atoms with Crippen molar-refractivity contribution in [2.24, 2.45) is 5.41 Å². The molecule has 2 aromatic rings. The number of allylic oxidation sites excluding steroid dienone is 1. The Kier molecular flexibility index (Phi) is 8.40. The van der Waals surface area contributed by atoms with Gasteiger partial charge >= 0.3 is 12.2 Å². The number of cyclic esters (lactones) is 1. The summed E-state index contributed by atoms with van der Waals surface area (Å²) in [4.78, 5) is 28.9. The first-order valence-corrected chi connectivity index (χ1v) is 15.0. The van der Waals surface area contributed by atoms with Crippen LogP contribution in [0.4, 0.5) is 9.59 Å². The van der Waals surface area contributed by atoms with Crippen LogP contribution >= 0.6 is 0 Å². The van der Waals surface area contributed by atoms with Gasteiger partial charge in [-0.1, -0.05) is 55.3 Å². The molecule has 224 valence electrons. The van der Waals surface area contributed by atoms with Crippen molar-refractivity contribution in [2.75, 3.05) is 33.9 Å². The Hall–Kier alpha value is -3.74. The van der Waals surface area contributed by atoms with Gasteiger partial charge in [-0.2, -0.15) is 0 Å². The summed E-state index contributed by atoms with van der Waals surface area (Å²) in [7, 11) is 3.13. The number of rotatable bonds is 6. The smallest absolute Gasteiger partial charge is 0.411 e. The molecule has 5 rings (SSSR count). The standard InChI is InChI=1S/C35H44N2O5/c1-22-16-23(2)18-27(17-22)32-24(3)37(34(39)42-32)21-28-20-35(4,5)13-10-29(28)30-19-26(8-9-31(30)40-6)25-11-14-36(15-12-25)33(38)41-7/h8-9,11,16-19,24,32H,10,12-15,20-21H2,1-7H3/t24-,32-/m0/s1. The Morgan fingerprint density at radius 1 is 1.07 bits per heavy atom. The van der Waals surface area contributed by atoms with Crippen molar-refractivity contribution in [1.29, 1.82) is 0 Å². The van der Waals surface area contributed by atoms with Crippen LogP contribution in [0, 0.1) is 19.3 Å². The van der Waals surface area contributed by atoms with E-state index in [1.54, 1.807) is 12.0 Å². The molecule has 2 amide bonds. The van der Waals surface area contributed by atoms with Crippen molar-refractivity contribution in [2.45, 2.75) is 72.4 Å². The molecule has 0 aromatic heterocycles. The van der Waals surface area contributed by atoms with Crippen LogP contribution in [-0.4, -0.2) is 61.9 Å². The molecule has 0 N–H and O–H groups in total. The minimum atomic E-state index is -0.297. The second-order valence-electron chi connectivity index (χ2n) is 12.8. The normalized spacial score (nSPS) is 22.2. The van der Waals surface area contributed by atoms with Gasteiger partial charge in [-0.3, -0.25) is 4.90 Å². The third kappa shape index (κ3) is 6.06. The van der Waals surface area contributed by atoms with Crippen LogP contribution in [0.15, 0.2) is 48.0 Å². The summed E-state index contributed by atoms with van der Waals surface area (Å²) >= 11 is 0. The van der Waals surface area contributed by atoms with Gasteiger partial charge in [0.15, 0.2) is 0 Å². The highest BCUT2D eigenvalue weighted by atomic mass is 16.6. The summed E-state index contributed by atoms with van der Waals surface area (Å²) < 4.78 is 16.8. The van der Waals surface area contributed by atoms with Crippen molar-refractivity contribution < 1.29 is 23.8 Å². The van der Waals surface area contributed by atoms with Crippen molar-refractivity contribution in [3.63, 3.8) is 0 Å². The molecule has 0 radical (unpaired) electrons. The van der Waals surface area contributed by atoms with Crippen LogP contribution in [0.5, 0.6) is 5.75 Å². The third-order valence-corrected chi connectivity index (χ3v) is 9.03. The average molecular weight is 573 g/mol. The number of nitrogens with zero attached hydrogens (tertiary/aromatic N) is 2. The van der Waals surface area contributed by atoms with Crippen molar-refractivity contribution in [3.05, 3.63) is 75.9 Å². The average Bonchev–Trinajstić information content (AvgIpc) is 3.24. The summed E-state index contributed by atoms with van der Waals surface area (Å²) in [5.41, 5.74) is 9.48. The number of ether oxygens (including phenoxy) is 3. The first-order valence-electron chi connectivity index (χ1n) is 15.0. The van der Waals surface area contributed by atoms with Gasteiger partial charge in [0, 0.05) is 25.2 Å². The molecule has 0 unspecified atom stereocenters. The summed E-state index contributed by atoms with van der Waals surface area (Å²) in [5.74, 6) is 0.837. The lowest BCUT2D eigenvalue weighted by atomic mass is 9.72. The van der Waals surface area contributed by atoms with E-state index >= 15 is 0 Å². The van der Waals surface area contributed by atoms with Gasteiger partial charge in [0.05, 0.1) is 20.3 Å². The van der Waals surface area contributed by atoms with Crippen LogP contribution in [0.3, 0.4) is 0 Å². The zero-order chi connectivity index (χ0) is 30.2. The highest BCUT2D eigenvalue weighted by Gasteiger charge is 2.41. The van der Waals surface area contributed by atoms with E-state index in [0.717, 1.165) is 48.1 Å². The maximum Gasteiger partial charge on any atom is 0.411 e. The maximum atomic E-state index is 13.3. The Bertz CT molecular complexity index is 1420. The molecule has 1 saturated heterocycles. The summed E-state index contributed by atoms with van der Waals surface area (Å²) in [6.07, 6.45) is 4.89. The van der Waals surface area contributed by atoms with Crippen molar-refractivity contribution in [3.8, 4) is 5.75 Å². The van der Waals surface area contributed by atoms with E-state index < -0.39 is 0 Å². The van der Waals surface area contributed by atoms with Crippen LogP contribution in [-0.2, 0) is 9.47 Å². The highest BCUT2D eigenvalue weighted by Crippen LogP contribution is 2.46. The van der Waals surface area contributed by atoms with E-state index in [2.05, 4.69) is 71.0 Å². The fourth-order valence-corrected chi connectivity index (χ4v) is 6.80. The predicted octanol–water partition coefficient (Wildman–Crippen LogP) is 7.71. The number of aryl methyl sites for hydroxylation is 2. The molecule has 3 aliphatic rings. The van der Waals surface area contributed by atoms with Gasteiger partial charge in [0.1, 0.15) is 11.9 Å². The van der Waals surface area contributed by atoms with E-state index in [9.17, 15) is 9.59 Å². The molecule has 0 bridgehead atoms. The fourth-order valence-electron chi connectivity index (χ4n) is 6.80. The van der Waals surface area contributed by atoms with Gasteiger partial charge in [-0.05, 0) is 91.8 Å². The molecule has 42 heavy (non-hydrogen) atoms. The van der Waals surface area contributed by atoms with E-state index in [4.69, 9.17) is 14.2 Å². The highest BCUT2D eigenvalue weighted by molar-refractivity contribution is 5.80. The largest absolute Gasteiger partial charge is 0.496 e. The van der Waals surface area contributed by atoms with E-state index in [0.29, 0.717) is 19.6 Å². The van der Waals surface area contributed by atoms with Crippen LogP contribution in [0.1, 0.15) is 80.4 Å². The van der Waals surface area contributed by atoms with Crippen molar-refractivity contribution >= 4 is 23.3 Å². The quantitative estimate of drug-likeness (QED) is 0.355. The minimum Gasteiger partial charge on any atom is -0.496 e. The molecule has 7 nitrogen and oxygen atoms in total. The number of carbonyl (C=O) groups is 2. The summed E-state index contributed by atoms with van der Waals surface area (Å²) in [5, 5.41) is 0. The molecule has 2 aliphatic heterocycles. The van der Waals surface area contributed by atoms with Crippen LogP contribution in [0.25, 0.3) is 11.1 Å². The zero-order valence-electron chi connectivity index (χ0n) is 26.1.